The number of aliphatic hydroxyl groups is 2. The number of methoxy groups -OCH3 is 1. The molecule has 0 aliphatic carbocycles. The van der Waals surface area contributed by atoms with Crippen molar-refractivity contribution in [1.29, 1.82) is 0 Å². The highest BCUT2D eigenvalue weighted by Gasteiger charge is 2.23. The van der Waals surface area contributed by atoms with Gasteiger partial charge in [0.25, 0.3) is 0 Å². The Balaban J connectivity index is 2.13. The summed E-state index contributed by atoms with van der Waals surface area (Å²) in [4.78, 5) is 11.7. The first kappa shape index (κ1) is 19.0. The smallest absolute Gasteiger partial charge is 0.407 e. The van der Waals surface area contributed by atoms with Gasteiger partial charge in [0, 0.05) is 11.9 Å². The monoisotopic (exact) mass is 347 g/mol. The molecule has 0 aromatic heterocycles. The van der Waals surface area contributed by atoms with Gasteiger partial charge in [0.2, 0.25) is 0 Å². The van der Waals surface area contributed by atoms with E-state index in [1.807, 2.05) is 24.3 Å². The Morgan fingerprint density at radius 2 is 1.76 bits per heavy atom. The van der Waals surface area contributed by atoms with Crippen molar-refractivity contribution in [3.05, 3.63) is 42.0 Å². The van der Waals surface area contributed by atoms with Gasteiger partial charge in [0.05, 0.1) is 7.11 Å². The van der Waals surface area contributed by atoms with Crippen LogP contribution in [0, 0.1) is 0 Å². The molecule has 6 nitrogen and oxygen atoms in total. The van der Waals surface area contributed by atoms with Crippen molar-refractivity contribution < 1.29 is 24.5 Å². The maximum absolute atomic E-state index is 11.7. The highest BCUT2D eigenvalue weighted by molar-refractivity contribution is 5.91. The third-order valence-corrected chi connectivity index (χ3v) is 3.68. The first-order valence-electron chi connectivity index (χ1n) is 8.11. The summed E-state index contributed by atoms with van der Waals surface area (Å²) >= 11 is 0. The minimum absolute atomic E-state index is 0.129. The van der Waals surface area contributed by atoms with Crippen molar-refractivity contribution in [3.8, 4) is 5.75 Å². The Bertz CT molecular complexity index is 738. The van der Waals surface area contributed by atoms with Crippen LogP contribution in [-0.2, 0) is 4.74 Å². The van der Waals surface area contributed by atoms with Crippen LogP contribution in [0.2, 0.25) is 0 Å². The van der Waals surface area contributed by atoms with Crippen molar-refractivity contribution >= 4 is 16.9 Å². The Morgan fingerprint density at radius 3 is 2.36 bits per heavy atom. The first-order chi connectivity index (χ1) is 11.7. The van der Waals surface area contributed by atoms with Crippen molar-refractivity contribution in [3.63, 3.8) is 0 Å². The molecule has 0 radical (unpaired) electrons. The number of hydrogen-bond donors (Lipinski definition) is 3. The number of carbonyl (C=O) groups excluding carboxylic acids is 1. The molecule has 2 rings (SSSR count). The van der Waals surface area contributed by atoms with E-state index in [1.165, 1.54) is 0 Å². The van der Waals surface area contributed by atoms with Gasteiger partial charge in [-0.05, 0) is 37.8 Å². The molecule has 2 aromatic rings. The van der Waals surface area contributed by atoms with Crippen molar-refractivity contribution in [1.82, 2.24) is 5.32 Å². The summed E-state index contributed by atoms with van der Waals surface area (Å²) in [5.74, 6) is 0.688. The molecule has 0 saturated heterocycles. The Labute approximate surface area is 147 Å². The molecular weight excluding hydrogens is 322 g/mol. The molecule has 25 heavy (non-hydrogen) atoms. The average Bonchev–Trinajstić information content (AvgIpc) is 2.56. The van der Waals surface area contributed by atoms with E-state index in [-0.39, 0.29) is 6.54 Å². The molecule has 0 saturated carbocycles. The van der Waals surface area contributed by atoms with Crippen molar-refractivity contribution in [2.45, 2.75) is 38.6 Å². The van der Waals surface area contributed by atoms with Gasteiger partial charge in [0.15, 0.2) is 0 Å². The van der Waals surface area contributed by atoms with Gasteiger partial charge >= 0.3 is 6.09 Å². The number of aliphatic hydroxyl groups excluding tert-OH is 2. The zero-order valence-electron chi connectivity index (χ0n) is 14.9. The lowest BCUT2D eigenvalue weighted by atomic mass is 9.96. The van der Waals surface area contributed by atoms with Crippen LogP contribution in [0.1, 0.15) is 32.4 Å². The summed E-state index contributed by atoms with van der Waals surface area (Å²) in [6.45, 7) is 5.13. The van der Waals surface area contributed by atoms with Gasteiger partial charge in [-0.1, -0.05) is 30.3 Å². The highest BCUT2D eigenvalue weighted by atomic mass is 16.6. The predicted octanol–water partition coefficient (Wildman–Crippen LogP) is 2.77. The van der Waals surface area contributed by atoms with Crippen LogP contribution < -0.4 is 10.1 Å². The second-order valence-corrected chi connectivity index (χ2v) is 6.80. The van der Waals surface area contributed by atoms with Crippen LogP contribution in [0.5, 0.6) is 5.75 Å². The number of carbonyl (C=O) groups is 1. The van der Waals surface area contributed by atoms with Crippen LogP contribution in [0.3, 0.4) is 0 Å². The van der Waals surface area contributed by atoms with E-state index in [9.17, 15) is 15.0 Å². The van der Waals surface area contributed by atoms with Crippen LogP contribution >= 0.6 is 0 Å². The molecule has 136 valence electrons. The maximum atomic E-state index is 11.7. The molecule has 2 atom stereocenters. The number of nitrogens with one attached hydrogen (secondary N) is 1. The topological polar surface area (TPSA) is 88.0 Å². The summed E-state index contributed by atoms with van der Waals surface area (Å²) in [7, 11) is 1.58. The summed E-state index contributed by atoms with van der Waals surface area (Å²) in [6, 6.07) is 10.9. The number of fused-ring (bicyclic) bond motifs is 1. The van der Waals surface area contributed by atoms with E-state index >= 15 is 0 Å². The Morgan fingerprint density at radius 1 is 1.12 bits per heavy atom. The molecule has 6 heteroatoms. The number of ether oxygens (including phenoxy) is 2. The quantitative estimate of drug-likeness (QED) is 0.774. The Kier molecular flexibility index (Phi) is 5.87. The molecule has 0 aliphatic heterocycles. The number of benzene rings is 2. The highest BCUT2D eigenvalue weighted by Crippen LogP contribution is 2.32. The second kappa shape index (κ2) is 7.72. The van der Waals surface area contributed by atoms with Gasteiger partial charge in [-0.15, -0.1) is 0 Å². The maximum Gasteiger partial charge on any atom is 0.407 e. The van der Waals surface area contributed by atoms with Crippen molar-refractivity contribution in [2.24, 2.45) is 0 Å². The van der Waals surface area contributed by atoms with Crippen LogP contribution in [-0.4, -0.2) is 41.7 Å². The van der Waals surface area contributed by atoms with Gasteiger partial charge in [-0.2, -0.15) is 0 Å². The largest absolute Gasteiger partial charge is 0.496 e. The minimum atomic E-state index is -1.18. The summed E-state index contributed by atoms with van der Waals surface area (Å²) < 4.78 is 10.4. The molecule has 2 aromatic carbocycles. The molecule has 2 unspecified atom stereocenters. The summed E-state index contributed by atoms with van der Waals surface area (Å²) in [6.07, 6.45) is -2.98. The molecule has 3 N–H and O–H groups in total. The molecule has 0 spiro atoms. The van der Waals surface area contributed by atoms with Crippen LogP contribution in [0.15, 0.2) is 36.4 Å². The summed E-state index contributed by atoms with van der Waals surface area (Å²) in [5, 5.41) is 24.9. The number of hydrogen-bond acceptors (Lipinski definition) is 5. The van der Waals surface area contributed by atoms with Gasteiger partial charge in [-0.3, -0.25) is 0 Å². The molecule has 0 aliphatic rings. The molecule has 0 heterocycles. The molecule has 0 bridgehead atoms. The van der Waals surface area contributed by atoms with E-state index in [2.05, 4.69) is 5.32 Å². The number of alkyl carbamates (subject to hydrolysis) is 1. The van der Waals surface area contributed by atoms with Crippen LogP contribution in [0.25, 0.3) is 10.8 Å². The predicted molar refractivity (Wildman–Crippen MR) is 95.7 cm³/mol. The lowest BCUT2D eigenvalue weighted by Gasteiger charge is -2.23. The molecular formula is C19H25NO5. The fourth-order valence-corrected chi connectivity index (χ4v) is 2.55. The van der Waals surface area contributed by atoms with E-state index in [4.69, 9.17) is 9.47 Å². The van der Waals surface area contributed by atoms with E-state index < -0.39 is 23.9 Å². The van der Waals surface area contributed by atoms with E-state index in [0.717, 1.165) is 10.8 Å². The minimum Gasteiger partial charge on any atom is -0.496 e. The zero-order valence-corrected chi connectivity index (χ0v) is 14.9. The van der Waals surface area contributed by atoms with Gasteiger partial charge < -0.3 is 25.0 Å². The second-order valence-electron chi connectivity index (χ2n) is 6.80. The molecule has 1 amide bonds. The lowest BCUT2D eigenvalue weighted by Crippen LogP contribution is -2.38. The zero-order chi connectivity index (χ0) is 18.6. The average molecular weight is 347 g/mol. The fourth-order valence-electron chi connectivity index (χ4n) is 2.55. The molecule has 0 fully saturated rings. The van der Waals surface area contributed by atoms with Gasteiger partial charge in [0.1, 0.15) is 23.6 Å². The van der Waals surface area contributed by atoms with Crippen molar-refractivity contribution in [2.75, 3.05) is 13.7 Å². The third-order valence-electron chi connectivity index (χ3n) is 3.68. The van der Waals surface area contributed by atoms with Crippen LogP contribution in [0.4, 0.5) is 4.79 Å². The third kappa shape index (κ3) is 4.84. The fraction of sp³-hybridized carbons (Fsp3) is 0.421. The number of amides is 1. The Hall–Kier alpha value is -2.31. The van der Waals surface area contributed by atoms with E-state index in [0.29, 0.717) is 11.3 Å². The summed E-state index contributed by atoms with van der Waals surface area (Å²) in [5.41, 5.74) is -0.0604. The number of rotatable bonds is 5. The standard InChI is InChI=1S/C19H25NO5/c1-19(2,3)25-18(23)20-11-15(21)17(22)14-9-10-16(24-4)13-8-6-5-7-12(13)14/h5-10,15,17,21-22H,11H2,1-4H3,(H,20,23). The normalized spacial score (nSPS) is 14.0. The lowest BCUT2D eigenvalue weighted by molar-refractivity contribution is 0.0136. The first-order valence-corrected chi connectivity index (χ1v) is 8.11. The SMILES string of the molecule is COc1ccc(C(O)C(O)CNC(=O)OC(C)(C)C)c2ccccc12. The van der Waals surface area contributed by atoms with Gasteiger partial charge in [-0.25, -0.2) is 4.79 Å². The van der Waals surface area contributed by atoms with E-state index in [1.54, 1.807) is 40.0 Å².